The molecular weight excluding hydrogens is 240 g/mol. The molecule has 0 heterocycles. The molecule has 5 aliphatic carbocycles. The van der Waals surface area contributed by atoms with Crippen LogP contribution in [0.15, 0.2) is 0 Å². The molecule has 5 fully saturated rings. The molecule has 4 heteroatoms. The minimum Gasteiger partial charge on any atom is -0.443 e. The van der Waals surface area contributed by atoms with Gasteiger partial charge in [0.1, 0.15) is 5.60 Å². The van der Waals surface area contributed by atoms with E-state index in [2.05, 4.69) is 5.32 Å². The monoisotopic (exact) mass is 264 g/mol. The molecule has 1 amide bonds. The summed E-state index contributed by atoms with van der Waals surface area (Å²) in [5, 5.41) is 2.98. The van der Waals surface area contributed by atoms with Gasteiger partial charge in [-0.25, -0.2) is 4.79 Å². The molecule has 4 bridgehead atoms. The Kier molecular flexibility index (Phi) is 2.60. The van der Waals surface area contributed by atoms with Crippen molar-refractivity contribution in [3.8, 4) is 0 Å². The lowest BCUT2D eigenvalue weighted by molar-refractivity contribution is -0.128. The fraction of sp³-hybridized carbons (Fsp3) is 0.933. The molecule has 5 rings (SSSR count). The zero-order valence-corrected chi connectivity index (χ0v) is 11.4. The van der Waals surface area contributed by atoms with Crippen molar-refractivity contribution in [2.24, 2.45) is 23.5 Å². The summed E-state index contributed by atoms with van der Waals surface area (Å²) in [7, 11) is 0. The van der Waals surface area contributed by atoms with E-state index < -0.39 is 0 Å². The Morgan fingerprint density at radius 1 is 1.00 bits per heavy atom. The Balaban J connectivity index is 1.38. The van der Waals surface area contributed by atoms with Crippen LogP contribution in [0.2, 0.25) is 0 Å². The summed E-state index contributed by atoms with van der Waals surface area (Å²) in [4.78, 5) is 12.1. The molecule has 0 spiro atoms. The molecular formula is C15H24N2O2. The lowest BCUT2D eigenvalue weighted by Gasteiger charge is -2.55. The Morgan fingerprint density at radius 3 is 2.00 bits per heavy atom. The largest absolute Gasteiger partial charge is 0.443 e. The van der Waals surface area contributed by atoms with Gasteiger partial charge < -0.3 is 15.8 Å². The summed E-state index contributed by atoms with van der Waals surface area (Å²) >= 11 is 0. The molecule has 19 heavy (non-hydrogen) atoms. The molecule has 0 aliphatic heterocycles. The lowest BCUT2D eigenvalue weighted by atomic mass is 9.54. The minimum absolute atomic E-state index is 0.120. The molecule has 0 unspecified atom stereocenters. The summed E-state index contributed by atoms with van der Waals surface area (Å²) in [5.41, 5.74) is 5.62. The molecule has 0 atom stereocenters. The summed E-state index contributed by atoms with van der Waals surface area (Å²) in [6.07, 6.45) is 9.06. The van der Waals surface area contributed by atoms with Crippen LogP contribution in [0.4, 0.5) is 4.79 Å². The van der Waals surface area contributed by atoms with E-state index in [1.807, 2.05) is 0 Å². The van der Waals surface area contributed by atoms with Gasteiger partial charge in [-0.15, -0.1) is 0 Å². The third-order valence-corrected chi connectivity index (χ3v) is 5.79. The quantitative estimate of drug-likeness (QED) is 0.803. The maximum Gasteiger partial charge on any atom is 0.407 e. The van der Waals surface area contributed by atoms with Gasteiger partial charge >= 0.3 is 6.09 Å². The van der Waals surface area contributed by atoms with Crippen LogP contribution in [0.5, 0.6) is 0 Å². The zero-order chi connectivity index (χ0) is 13.0. The molecule has 3 N–H and O–H groups in total. The normalized spacial score (nSPS) is 50.7. The number of amides is 1. The predicted octanol–water partition coefficient (Wildman–Crippen LogP) is 2.17. The van der Waals surface area contributed by atoms with Gasteiger partial charge in [0.25, 0.3) is 0 Å². The predicted molar refractivity (Wildman–Crippen MR) is 71.5 cm³/mol. The van der Waals surface area contributed by atoms with Gasteiger partial charge in [-0.3, -0.25) is 0 Å². The second-order valence-corrected chi connectivity index (χ2v) is 7.56. The highest BCUT2D eigenvalue weighted by Gasteiger charge is 2.53. The van der Waals surface area contributed by atoms with Crippen LogP contribution in [0.1, 0.15) is 51.4 Å². The Morgan fingerprint density at radius 2 is 1.53 bits per heavy atom. The molecule has 0 aromatic rings. The summed E-state index contributed by atoms with van der Waals surface area (Å²) < 4.78 is 5.90. The van der Waals surface area contributed by atoms with Crippen LogP contribution in [-0.2, 0) is 4.74 Å². The number of hydrogen-bond donors (Lipinski definition) is 2. The standard InChI is InChI=1S/C15H24N2O2/c16-12-4-13(5-12)17-14(18)19-15-6-9-1-10(7-15)3-11(2-9)8-15/h9-13H,1-8,16H2,(H,17,18). The fourth-order valence-corrected chi connectivity index (χ4v) is 5.33. The number of nitrogens with two attached hydrogens (primary N) is 1. The Labute approximate surface area is 114 Å². The van der Waals surface area contributed by atoms with Crippen LogP contribution in [-0.4, -0.2) is 23.8 Å². The van der Waals surface area contributed by atoms with Crippen molar-refractivity contribution in [1.82, 2.24) is 5.32 Å². The van der Waals surface area contributed by atoms with E-state index in [0.717, 1.165) is 49.9 Å². The molecule has 0 radical (unpaired) electrons. The maximum absolute atomic E-state index is 12.1. The van der Waals surface area contributed by atoms with Crippen molar-refractivity contribution in [3.63, 3.8) is 0 Å². The topological polar surface area (TPSA) is 64.3 Å². The molecule has 106 valence electrons. The number of nitrogens with one attached hydrogen (secondary N) is 1. The van der Waals surface area contributed by atoms with Gasteiger partial charge in [-0.05, 0) is 69.1 Å². The number of rotatable bonds is 2. The van der Waals surface area contributed by atoms with E-state index in [1.54, 1.807) is 0 Å². The first kappa shape index (κ1) is 12.0. The van der Waals surface area contributed by atoms with Gasteiger partial charge in [0, 0.05) is 12.1 Å². The van der Waals surface area contributed by atoms with Crippen molar-refractivity contribution in [1.29, 1.82) is 0 Å². The average Bonchev–Trinajstić information content (AvgIpc) is 2.23. The number of carbonyl (C=O) groups is 1. The van der Waals surface area contributed by atoms with Crippen molar-refractivity contribution >= 4 is 6.09 Å². The molecule has 5 saturated carbocycles. The number of carbonyl (C=O) groups excluding carboxylic acids is 1. The number of hydrogen-bond acceptors (Lipinski definition) is 3. The minimum atomic E-state index is -0.196. The van der Waals surface area contributed by atoms with Crippen molar-refractivity contribution in [2.75, 3.05) is 0 Å². The highest BCUT2D eigenvalue weighted by Crippen LogP contribution is 2.57. The molecule has 5 aliphatic rings. The van der Waals surface area contributed by atoms with Crippen LogP contribution >= 0.6 is 0 Å². The lowest BCUT2D eigenvalue weighted by Crippen LogP contribution is -2.56. The van der Waals surface area contributed by atoms with Crippen LogP contribution in [0, 0.1) is 17.8 Å². The Hall–Kier alpha value is -0.770. The molecule has 0 saturated heterocycles. The number of ether oxygens (including phenoxy) is 1. The van der Waals surface area contributed by atoms with Gasteiger partial charge in [-0.2, -0.15) is 0 Å². The van der Waals surface area contributed by atoms with E-state index in [9.17, 15) is 4.79 Å². The van der Waals surface area contributed by atoms with Crippen LogP contribution < -0.4 is 11.1 Å². The van der Waals surface area contributed by atoms with E-state index in [1.165, 1.54) is 19.3 Å². The first-order chi connectivity index (χ1) is 9.10. The first-order valence-corrected chi connectivity index (χ1v) is 7.85. The van der Waals surface area contributed by atoms with Gasteiger partial charge in [0.2, 0.25) is 0 Å². The van der Waals surface area contributed by atoms with E-state index in [0.29, 0.717) is 0 Å². The zero-order valence-electron chi connectivity index (χ0n) is 11.4. The van der Waals surface area contributed by atoms with Crippen molar-refractivity contribution in [2.45, 2.75) is 69.1 Å². The van der Waals surface area contributed by atoms with E-state index >= 15 is 0 Å². The maximum atomic E-state index is 12.1. The van der Waals surface area contributed by atoms with Crippen LogP contribution in [0.25, 0.3) is 0 Å². The van der Waals surface area contributed by atoms with Crippen molar-refractivity contribution in [3.05, 3.63) is 0 Å². The summed E-state index contributed by atoms with van der Waals surface area (Å²) in [6.45, 7) is 0. The van der Waals surface area contributed by atoms with E-state index in [-0.39, 0.29) is 23.8 Å². The fourth-order valence-electron chi connectivity index (χ4n) is 5.33. The third-order valence-electron chi connectivity index (χ3n) is 5.79. The second-order valence-electron chi connectivity index (χ2n) is 7.56. The van der Waals surface area contributed by atoms with Crippen molar-refractivity contribution < 1.29 is 9.53 Å². The highest BCUT2D eigenvalue weighted by atomic mass is 16.6. The van der Waals surface area contributed by atoms with Gasteiger partial charge in [-0.1, -0.05) is 0 Å². The summed E-state index contributed by atoms with van der Waals surface area (Å²) in [5.74, 6) is 2.45. The molecule has 4 nitrogen and oxygen atoms in total. The third kappa shape index (κ3) is 2.14. The van der Waals surface area contributed by atoms with E-state index in [4.69, 9.17) is 10.5 Å². The second kappa shape index (κ2) is 4.11. The van der Waals surface area contributed by atoms with Gasteiger partial charge in [0.15, 0.2) is 0 Å². The average molecular weight is 264 g/mol. The summed E-state index contributed by atoms with van der Waals surface area (Å²) in [6, 6.07) is 0.515. The molecule has 0 aromatic heterocycles. The highest BCUT2D eigenvalue weighted by molar-refractivity contribution is 5.68. The van der Waals surface area contributed by atoms with Gasteiger partial charge in [0.05, 0.1) is 0 Å². The van der Waals surface area contributed by atoms with Crippen LogP contribution in [0.3, 0.4) is 0 Å². The number of alkyl carbamates (subject to hydrolysis) is 1. The molecule has 0 aromatic carbocycles. The Bertz CT molecular complexity index is 354. The first-order valence-electron chi connectivity index (χ1n) is 7.85. The SMILES string of the molecule is NC1CC(NC(=O)OC23CC4CC(CC(C4)C2)C3)C1. The smallest absolute Gasteiger partial charge is 0.407 e.